The summed E-state index contributed by atoms with van der Waals surface area (Å²) in [6.07, 6.45) is 6.07. The molecule has 0 bridgehead atoms. The second kappa shape index (κ2) is 7.12. The van der Waals surface area contributed by atoms with Gasteiger partial charge in [-0.05, 0) is 55.7 Å². The van der Waals surface area contributed by atoms with Gasteiger partial charge in [0.1, 0.15) is 0 Å². The zero-order chi connectivity index (χ0) is 14.7. The lowest BCUT2D eigenvalue weighted by Gasteiger charge is -2.35. The van der Waals surface area contributed by atoms with Crippen molar-refractivity contribution < 1.29 is 5.11 Å². The lowest BCUT2D eigenvalue weighted by molar-refractivity contribution is 0.244. The van der Waals surface area contributed by atoms with E-state index in [1.165, 1.54) is 36.9 Å². The third-order valence-corrected chi connectivity index (χ3v) is 5.10. The molecule has 116 valence electrons. The monoisotopic (exact) mass is 352 g/mol. The highest BCUT2D eigenvalue weighted by Gasteiger charge is 2.23. The van der Waals surface area contributed by atoms with Crippen LogP contribution in [0.25, 0.3) is 0 Å². The molecule has 1 heterocycles. The fraction of sp³-hybridized carbons (Fsp3) is 0.647. The number of aliphatic hydroxyl groups excluding tert-OH is 1. The maximum atomic E-state index is 9.19. The molecule has 0 amide bonds. The molecule has 0 spiro atoms. The highest BCUT2D eigenvalue weighted by molar-refractivity contribution is 9.10. The van der Waals surface area contributed by atoms with Gasteiger partial charge in [0.2, 0.25) is 0 Å². The number of aliphatic hydroxyl groups is 1. The third kappa shape index (κ3) is 4.21. The van der Waals surface area contributed by atoms with Crippen molar-refractivity contribution in [2.75, 3.05) is 24.6 Å². The molecular formula is C17H25BrN2O. The van der Waals surface area contributed by atoms with Gasteiger partial charge in [-0.15, -0.1) is 0 Å². The number of halogens is 1. The summed E-state index contributed by atoms with van der Waals surface area (Å²) in [6.45, 7) is 3.49. The van der Waals surface area contributed by atoms with E-state index in [1.807, 2.05) is 0 Å². The predicted molar refractivity (Wildman–Crippen MR) is 90.6 cm³/mol. The van der Waals surface area contributed by atoms with Gasteiger partial charge in [-0.1, -0.05) is 22.0 Å². The summed E-state index contributed by atoms with van der Waals surface area (Å²) in [5.74, 6) is 0.631. The number of nitrogens with zero attached hydrogens (tertiary/aromatic N) is 1. The average Bonchev–Trinajstić information content (AvgIpc) is 3.31. The second-order valence-corrected chi connectivity index (χ2v) is 7.31. The van der Waals surface area contributed by atoms with Gasteiger partial charge in [-0.2, -0.15) is 0 Å². The fourth-order valence-electron chi connectivity index (χ4n) is 3.22. The smallest absolute Gasteiger partial charge is 0.0434 e. The SMILES string of the molecule is OCCC1CCCN(c2cc(Br)ccc2CNC2CC2)C1. The van der Waals surface area contributed by atoms with Gasteiger partial charge in [0.15, 0.2) is 0 Å². The zero-order valence-corrected chi connectivity index (χ0v) is 14.1. The van der Waals surface area contributed by atoms with Crippen LogP contribution in [0, 0.1) is 5.92 Å². The zero-order valence-electron chi connectivity index (χ0n) is 12.5. The average molecular weight is 353 g/mol. The summed E-state index contributed by atoms with van der Waals surface area (Å²) in [7, 11) is 0. The lowest BCUT2D eigenvalue weighted by atomic mass is 9.94. The molecule has 21 heavy (non-hydrogen) atoms. The summed E-state index contributed by atoms with van der Waals surface area (Å²) in [6, 6.07) is 7.38. The molecule has 2 N–H and O–H groups in total. The van der Waals surface area contributed by atoms with Gasteiger partial charge in [0, 0.05) is 42.4 Å². The molecule has 2 fully saturated rings. The number of hydrogen-bond acceptors (Lipinski definition) is 3. The van der Waals surface area contributed by atoms with Crippen LogP contribution in [0.1, 0.15) is 37.7 Å². The van der Waals surface area contributed by atoms with E-state index in [1.54, 1.807) is 0 Å². The Morgan fingerprint density at radius 1 is 1.29 bits per heavy atom. The minimum absolute atomic E-state index is 0.313. The van der Waals surface area contributed by atoms with E-state index in [4.69, 9.17) is 0 Å². The van der Waals surface area contributed by atoms with E-state index in [-0.39, 0.29) is 0 Å². The number of piperidine rings is 1. The topological polar surface area (TPSA) is 35.5 Å². The van der Waals surface area contributed by atoms with E-state index in [0.717, 1.165) is 36.6 Å². The summed E-state index contributed by atoms with van der Waals surface area (Å²) < 4.78 is 1.15. The van der Waals surface area contributed by atoms with Crippen LogP contribution in [0.2, 0.25) is 0 Å². The van der Waals surface area contributed by atoms with Crippen LogP contribution < -0.4 is 10.2 Å². The Morgan fingerprint density at radius 2 is 2.14 bits per heavy atom. The quantitative estimate of drug-likeness (QED) is 0.824. The van der Waals surface area contributed by atoms with E-state index in [9.17, 15) is 5.11 Å². The van der Waals surface area contributed by atoms with Crippen molar-refractivity contribution in [2.24, 2.45) is 5.92 Å². The summed E-state index contributed by atoms with van der Waals surface area (Å²) >= 11 is 3.61. The Balaban J connectivity index is 1.73. The molecule has 0 radical (unpaired) electrons. The number of rotatable bonds is 6. The largest absolute Gasteiger partial charge is 0.396 e. The van der Waals surface area contributed by atoms with Gasteiger partial charge in [-0.25, -0.2) is 0 Å². The molecule has 1 aliphatic carbocycles. The first kappa shape index (κ1) is 15.3. The molecule has 0 aromatic heterocycles. The Hall–Kier alpha value is -0.580. The van der Waals surface area contributed by atoms with Gasteiger partial charge >= 0.3 is 0 Å². The molecule has 1 saturated heterocycles. The molecule has 1 aromatic carbocycles. The molecule has 3 nitrogen and oxygen atoms in total. The standard InChI is InChI=1S/C17H25BrN2O/c18-15-4-3-14(11-19-16-5-6-16)17(10-15)20-8-1-2-13(12-20)7-9-21/h3-4,10,13,16,19,21H,1-2,5-9,11-12H2. The third-order valence-electron chi connectivity index (χ3n) is 4.60. The fourth-order valence-corrected chi connectivity index (χ4v) is 3.57. The Labute approximate surface area is 135 Å². The first-order valence-electron chi connectivity index (χ1n) is 8.14. The molecule has 2 aliphatic rings. The maximum Gasteiger partial charge on any atom is 0.0434 e. The number of benzene rings is 1. The van der Waals surface area contributed by atoms with Crippen molar-refractivity contribution in [2.45, 2.75) is 44.7 Å². The Morgan fingerprint density at radius 3 is 2.90 bits per heavy atom. The van der Waals surface area contributed by atoms with Crippen molar-refractivity contribution in [3.05, 3.63) is 28.2 Å². The first-order valence-corrected chi connectivity index (χ1v) is 8.93. The number of nitrogens with one attached hydrogen (secondary N) is 1. The molecule has 1 atom stereocenters. The Bertz CT molecular complexity index is 474. The number of hydrogen-bond donors (Lipinski definition) is 2. The predicted octanol–water partition coefficient (Wildman–Crippen LogP) is 3.30. The minimum atomic E-state index is 0.313. The molecule has 1 saturated carbocycles. The van der Waals surface area contributed by atoms with Crippen molar-refractivity contribution in [1.82, 2.24) is 5.32 Å². The maximum absolute atomic E-state index is 9.19. The van der Waals surface area contributed by atoms with Crippen LogP contribution in [-0.4, -0.2) is 30.8 Å². The van der Waals surface area contributed by atoms with Gasteiger partial charge in [0.25, 0.3) is 0 Å². The van der Waals surface area contributed by atoms with Gasteiger partial charge < -0.3 is 15.3 Å². The molecule has 1 aromatic rings. The van der Waals surface area contributed by atoms with E-state index in [2.05, 4.69) is 44.3 Å². The summed E-state index contributed by atoms with van der Waals surface area (Å²) in [4.78, 5) is 2.51. The summed E-state index contributed by atoms with van der Waals surface area (Å²) in [5.41, 5.74) is 2.76. The van der Waals surface area contributed by atoms with E-state index in [0.29, 0.717) is 12.5 Å². The van der Waals surface area contributed by atoms with Gasteiger partial charge in [-0.3, -0.25) is 0 Å². The molecular weight excluding hydrogens is 328 g/mol. The molecule has 4 heteroatoms. The summed E-state index contributed by atoms with van der Waals surface area (Å²) in [5, 5.41) is 12.8. The molecule has 1 unspecified atom stereocenters. The van der Waals surface area contributed by atoms with Crippen molar-refractivity contribution in [3.63, 3.8) is 0 Å². The van der Waals surface area contributed by atoms with Crippen LogP contribution >= 0.6 is 15.9 Å². The van der Waals surface area contributed by atoms with E-state index < -0.39 is 0 Å². The number of anilines is 1. The van der Waals surface area contributed by atoms with Crippen LogP contribution in [0.4, 0.5) is 5.69 Å². The van der Waals surface area contributed by atoms with E-state index >= 15 is 0 Å². The van der Waals surface area contributed by atoms with Crippen molar-refractivity contribution in [1.29, 1.82) is 0 Å². The minimum Gasteiger partial charge on any atom is -0.396 e. The van der Waals surface area contributed by atoms with Crippen LogP contribution in [0.5, 0.6) is 0 Å². The Kier molecular flexibility index (Phi) is 5.19. The van der Waals surface area contributed by atoms with Crippen LogP contribution in [0.15, 0.2) is 22.7 Å². The highest BCUT2D eigenvalue weighted by Crippen LogP contribution is 2.31. The lowest BCUT2D eigenvalue weighted by Crippen LogP contribution is -2.36. The molecule has 3 rings (SSSR count). The van der Waals surface area contributed by atoms with Crippen LogP contribution in [0.3, 0.4) is 0 Å². The second-order valence-electron chi connectivity index (χ2n) is 6.39. The normalized spacial score (nSPS) is 22.6. The highest BCUT2D eigenvalue weighted by atomic mass is 79.9. The van der Waals surface area contributed by atoms with Crippen molar-refractivity contribution in [3.8, 4) is 0 Å². The first-order chi connectivity index (χ1) is 10.3. The molecule has 1 aliphatic heterocycles. The van der Waals surface area contributed by atoms with Gasteiger partial charge in [0.05, 0.1) is 0 Å². The van der Waals surface area contributed by atoms with Crippen LogP contribution in [-0.2, 0) is 6.54 Å². The van der Waals surface area contributed by atoms with Crippen molar-refractivity contribution >= 4 is 21.6 Å².